The van der Waals surface area contributed by atoms with Gasteiger partial charge >= 0.3 is 0 Å². The van der Waals surface area contributed by atoms with Crippen LogP contribution in [-0.2, 0) is 16.6 Å². The minimum Gasteiger partial charge on any atom is -0.496 e. The topological polar surface area (TPSA) is 64.6 Å². The first kappa shape index (κ1) is 20.0. The molecule has 0 atom stereocenters. The molecule has 1 aliphatic heterocycles. The summed E-state index contributed by atoms with van der Waals surface area (Å²) in [5.74, 6) is 1.53. The number of hydrogen-bond acceptors (Lipinski definition) is 4. The lowest BCUT2D eigenvalue weighted by molar-refractivity contribution is 0.304. The highest BCUT2D eigenvalue weighted by Crippen LogP contribution is 2.41. The third-order valence-corrected chi connectivity index (χ3v) is 5.59. The number of anilines is 1. The number of ether oxygens (including phenoxy) is 2. The highest BCUT2D eigenvalue weighted by molar-refractivity contribution is 7.92. The Bertz CT molecular complexity index is 1250. The summed E-state index contributed by atoms with van der Waals surface area (Å²) in [5.41, 5.74) is 6.58. The van der Waals surface area contributed by atoms with Crippen molar-refractivity contribution in [3.63, 3.8) is 0 Å². The molecule has 0 fully saturated rings. The van der Waals surface area contributed by atoms with E-state index in [1.165, 1.54) is 0 Å². The zero-order valence-corrected chi connectivity index (χ0v) is 17.9. The van der Waals surface area contributed by atoms with Crippen LogP contribution in [0.3, 0.4) is 0 Å². The second kappa shape index (κ2) is 7.88. The minimum atomic E-state index is -3.35. The predicted octanol–water partition coefficient (Wildman–Crippen LogP) is 4.86. The Labute approximate surface area is 177 Å². The number of methoxy groups -OCH3 is 1. The predicted molar refractivity (Wildman–Crippen MR) is 120 cm³/mol. The summed E-state index contributed by atoms with van der Waals surface area (Å²) in [6, 6.07) is 19.5. The first-order valence-corrected chi connectivity index (χ1v) is 11.4. The van der Waals surface area contributed by atoms with Crippen molar-refractivity contribution in [3.8, 4) is 11.5 Å². The van der Waals surface area contributed by atoms with E-state index in [-0.39, 0.29) is 0 Å². The Morgan fingerprint density at radius 1 is 1.03 bits per heavy atom. The molecular weight excluding hydrogens is 398 g/mol. The first-order valence-electron chi connectivity index (χ1n) is 9.54. The maximum atomic E-state index is 11.6. The van der Waals surface area contributed by atoms with Crippen molar-refractivity contribution in [2.24, 2.45) is 0 Å². The van der Waals surface area contributed by atoms with E-state index in [1.807, 2.05) is 43.3 Å². The van der Waals surface area contributed by atoms with Crippen molar-refractivity contribution < 1.29 is 17.9 Å². The van der Waals surface area contributed by atoms with E-state index in [2.05, 4.69) is 29.0 Å². The number of benzene rings is 3. The fraction of sp³-hybridized carbons (Fsp3) is 0.167. The van der Waals surface area contributed by atoms with Crippen molar-refractivity contribution in [2.75, 3.05) is 18.1 Å². The zero-order chi connectivity index (χ0) is 21.3. The van der Waals surface area contributed by atoms with Crippen LogP contribution in [0.25, 0.3) is 11.6 Å². The van der Waals surface area contributed by atoms with Gasteiger partial charge in [0.15, 0.2) is 0 Å². The SMILES string of the molecule is COc1cc2c(cc1C)/C(=C/c1cccc(NS(C)(=O)=O)c1)c1ccccc1CO2. The molecular formula is C24H23NO4S. The number of fused-ring (bicyclic) bond motifs is 2. The van der Waals surface area contributed by atoms with Gasteiger partial charge in [-0.25, -0.2) is 8.42 Å². The molecule has 3 aromatic rings. The molecule has 0 saturated heterocycles. The van der Waals surface area contributed by atoms with E-state index in [0.717, 1.165) is 51.1 Å². The number of nitrogens with one attached hydrogen (secondary N) is 1. The molecule has 1 heterocycles. The van der Waals surface area contributed by atoms with Crippen LogP contribution in [0.5, 0.6) is 11.5 Å². The van der Waals surface area contributed by atoms with Crippen LogP contribution in [0, 0.1) is 6.92 Å². The lowest BCUT2D eigenvalue weighted by atomic mass is 9.91. The fourth-order valence-electron chi connectivity index (χ4n) is 3.66. The Morgan fingerprint density at radius 3 is 2.60 bits per heavy atom. The van der Waals surface area contributed by atoms with Crippen LogP contribution in [-0.4, -0.2) is 21.8 Å². The summed E-state index contributed by atoms with van der Waals surface area (Å²) in [6.45, 7) is 2.46. The highest BCUT2D eigenvalue weighted by atomic mass is 32.2. The standard InChI is InChI=1S/C24H23NO4S/c1-16-11-22-21(13-17-7-6-9-19(12-17)25-30(3,26)27)20-10-5-4-8-18(20)15-29-24(22)14-23(16)28-2/h4-14,25H,15H2,1-3H3/b21-13+. The van der Waals surface area contributed by atoms with E-state index in [0.29, 0.717) is 12.3 Å². The molecule has 3 aromatic carbocycles. The van der Waals surface area contributed by atoms with Gasteiger partial charge in [-0.15, -0.1) is 0 Å². The Kier molecular flexibility index (Phi) is 5.26. The van der Waals surface area contributed by atoms with Crippen LogP contribution in [0.1, 0.15) is 27.8 Å². The Balaban J connectivity index is 1.90. The quantitative estimate of drug-likeness (QED) is 0.654. The van der Waals surface area contributed by atoms with Crippen LogP contribution in [0.2, 0.25) is 0 Å². The largest absolute Gasteiger partial charge is 0.496 e. The fourth-order valence-corrected chi connectivity index (χ4v) is 4.21. The van der Waals surface area contributed by atoms with Gasteiger partial charge in [0.2, 0.25) is 10.0 Å². The minimum absolute atomic E-state index is 0.461. The molecule has 4 rings (SSSR count). The second-order valence-electron chi connectivity index (χ2n) is 7.32. The molecule has 0 bridgehead atoms. The van der Waals surface area contributed by atoms with Crippen LogP contribution >= 0.6 is 0 Å². The summed E-state index contributed by atoms with van der Waals surface area (Å²) in [7, 11) is -1.70. The van der Waals surface area contributed by atoms with Crippen molar-refractivity contribution in [1.82, 2.24) is 0 Å². The normalized spacial score (nSPS) is 14.3. The van der Waals surface area contributed by atoms with Crippen LogP contribution in [0.15, 0.2) is 60.7 Å². The summed E-state index contributed by atoms with van der Waals surface area (Å²) in [6.07, 6.45) is 3.20. The monoisotopic (exact) mass is 421 g/mol. The van der Waals surface area contributed by atoms with E-state index in [1.54, 1.807) is 13.2 Å². The number of aryl methyl sites for hydroxylation is 1. The Hall–Kier alpha value is -3.25. The molecule has 5 nitrogen and oxygen atoms in total. The molecule has 0 unspecified atom stereocenters. The smallest absolute Gasteiger partial charge is 0.229 e. The molecule has 6 heteroatoms. The van der Waals surface area contributed by atoms with E-state index >= 15 is 0 Å². The second-order valence-corrected chi connectivity index (χ2v) is 9.07. The van der Waals surface area contributed by atoms with Crippen LogP contribution < -0.4 is 14.2 Å². The lowest BCUT2D eigenvalue weighted by Crippen LogP contribution is -2.09. The number of rotatable bonds is 4. The summed E-state index contributed by atoms with van der Waals surface area (Å²) in [4.78, 5) is 0. The molecule has 1 N–H and O–H groups in total. The Morgan fingerprint density at radius 2 is 1.83 bits per heavy atom. The molecule has 0 aliphatic carbocycles. The van der Waals surface area contributed by atoms with Gasteiger partial charge in [-0.05, 0) is 59.0 Å². The molecule has 0 amide bonds. The molecule has 0 aromatic heterocycles. The number of sulfonamides is 1. The van der Waals surface area contributed by atoms with Gasteiger partial charge in [0.25, 0.3) is 0 Å². The van der Waals surface area contributed by atoms with Crippen molar-refractivity contribution >= 4 is 27.4 Å². The average molecular weight is 422 g/mol. The van der Waals surface area contributed by atoms with Gasteiger partial charge in [-0.3, -0.25) is 4.72 Å². The summed E-state index contributed by atoms with van der Waals surface area (Å²) in [5, 5.41) is 0. The highest BCUT2D eigenvalue weighted by Gasteiger charge is 2.21. The first-order chi connectivity index (χ1) is 14.3. The molecule has 0 radical (unpaired) electrons. The third kappa shape index (κ3) is 4.19. The zero-order valence-electron chi connectivity index (χ0n) is 17.1. The van der Waals surface area contributed by atoms with Crippen molar-refractivity contribution in [1.29, 1.82) is 0 Å². The molecule has 30 heavy (non-hydrogen) atoms. The van der Waals surface area contributed by atoms with Gasteiger partial charge in [0, 0.05) is 17.3 Å². The van der Waals surface area contributed by atoms with Gasteiger partial charge in [-0.1, -0.05) is 36.4 Å². The number of hydrogen-bond donors (Lipinski definition) is 1. The maximum Gasteiger partial charge on any atom is 0.229 e. The molecule has 0 saturated carbocycles. The van der Waals surface area contributed by atoms with E-state index in [9.17, 15) is 8.42 Å². The summed E-state index contributed by atoms with van der Waals surface area (Å²) < 4.78 is 37.4. The molecule has 0 spiro atoms. The summed E-state index contributed by atoms with van der Waals surface area (Å²) >= 11 is 0. The van der Waals surface area contributed by atoms with Gasteiger partial charge in [0.1, 0.15) is 18.1 Å². The van der Waals surface area contributed by atoms with Gasteiger partial charge < -0.3 is 9.47 Å². The van der Waals surface area contributed by atoms with Crippen molar-refractivity contribution in [3.05, 3.63) is 88.5 Å². The maximum absolute atomic E-state index is 11.6. The van der Waals surface area contributed by atoms with Gasteiger partial charge in [0.05, 0.1) is 13.4 Å². The lowest BCUT2D eigenvalue weighted by Gasteiger charge is -2.14. The van der Waals surface area contributed by atoms with Gasteiger partial charge in [-0.2, -0.15) is 0 Å². The van der Waals surface area contributed by atoms with Crippen LogP contribution in [0.4, 0.5) is 5.69 Å². The molecule has 154 valence electrons. The van der Waals surface area contributed by atoms with E-state index in [4.69, 9.17) is 9.47 Å². The average Bonchev–Trinajstić information content (AvgIpc) is 2.84. The molecule has 1 aliphatic rings. The van der Waals surface area contributed by atoms with Crippen molar-refractivity contribution in [2.45, 2.75) is 13.5 Å². The third-order valence-electron chi connectivity index (χ3n) is 4.98. The van der Waals surface area contributed by atoms with E-state index < -0.39 is 10.0 Å².